The highest BCUT2D eigenvalue weighted by molar-refractivity contribution is 7.92. The van der Waals surface area contributed by atoms with Crippen molar-refractivity contribution in [2.75, 3.05) is 13.4 Å². The second-order valence-corrected chi connectivity index (χ2v) is 7.74. The minimum absolute atomic E-state index is 0.194. The quantitative estimate of drug-likeness (QED) is 0.425. The van der Waals surface area contributed by atoms with Crippen LogP contribution in [-0.4, -0.2) is 28.3 Å². The van der Waals surface area contributed by atoms with Crippen molar-refractivity contribution in [1.82, 2.24) is 4.98 Å². The van der Waals surface area contributed by atoms with Gasteiger partial charge < -0.3 is 4.74 Å². The largest absolute Gasteiger partial charge is 0.497 e. The van der Waals surface area contributed by atoms with Gasteiger partial charge in [0.15, 0.2) is 0 Å². The second kappa shape index (κ2) is 8.22. The highest BCUT2D eigenvalue weighted by Gasteiger charge is 2.31. The Bertz CT molecular complexity index is 1060. The van der Waals surface area contributed by atoms with E-state index in [1.165, 1.54) is 31.4 Å². The fourth-order valence-corrected chi connectivity index (χ4v) is 3.00. The van der Waals surface area contributed by atoms with Gasteiger partial charge in [0.25, 0.3) is 0 Å². The van der Waals surface area contributed by atoms with Gasteiger partial charge in [-0.05, 0) is 36.4 Å². The monoisotopic (exact) mass is 409 g/mol. The number of halogens is 3. The van der Waals surface area contributed by atoms with Crippen LogP contribution in [0.1, 0.15) is 15.9 Å². The van der Waals surface area contributed by atoms with Crippen molar-refractivity contribution in [3.05, 3.63) is 65.5 Å². The van der Waals surface area contributed by atoms with Crippen LogP contribution in [0.4, 0.5) is 13.2 Å². The molecule has 10 heteroatoms. The first-order valence-electron chi connectivity index (χ1n) is 7.62. The third-order valence-corrected chi connectivity index (χ3v) is 5.08. The molecule has 0 saturated heterocycles. The summed E-state index contributed by atoms with van der Waals surface area (Å²) in [5, 5.41) is 8.99. The van der Waals surface area contributed by atoms with Gasteiger partial charge in [-0.15, -0.1) is 0 Å². The Kier molecular flexibility index (Phi) is 6.20. The van der Waals surface area contributed by atoms with E-state index in [1.54, 1.807) is 6.07 Å². The van der Waals surface area contributed by atoms with Crippen molar-refractivity contribution in [3.63, 3.8) is 0 Å². The van der Waals surface area contributed by atoms with Crippen LogP contribution in [0.5, 0.6) is 5.75 Å². The maximum Gasteiger partial charge on any atom is 0.417 e. The predicted octanol–water partition coefficient (Wildman–Crippen LogP) is 3.86. The molecule has 2 aromatic rings. The van der Waals surface area contributed by atoms with Gasteiger partial charge in [-0.3, -0.25) is 4.79 Å². The summed E-state index contributed by atoms with van der Waals surface area (Å²) in [6.07, 6.45) is -2.04. The molecular formula is C18H14F3N3O3S. The number of carbonyl (C=O) groups excluding carboxylic acids is 1. The number of benzene rings is 1. The van der Waals surface area contributed by atoms with Crippen LogP contribution in [0.3, 0.4) is 0 Å². The number of rotatable bonds is 5. The Morgan fingerprint density at radius 2 is 1.89 bits per heavy atom. The number of Topliss-reactive ketones (excluding diaryl/α,β-unsaturated/α-hetero) is 1. The lowest BCUT2D eigenvalue weighted by molar-refractivity contribution is -0.137. The minimum Gasteiger partial charge on any atom is -0.497 e. The molecule has 0 aliphatic rings. The van der Waals surface area contributed by atoms with Crippen LogP contribution in [0.2, 0.25) is 0 Å². The molecular weight excluding hydrogens is 395 g/mol. The van der Waals surface area contributed by atoms with Crippen LogP contribution in [0.15, 0.2) is 63.8 Å². The lowest BCUT2D eigenvalue weighted by Crippen LogP contribution is -2.08. The average Bonchev–Trinajstić information content (AvgIpc) is 2.67. The second-order valence-electron chi connectivity index (χ2n) is 5.50. The molecule has 1 aromatic heterocycles. The van der Waals surface area contributed by atoms with Gasteiger partial charge in [-0.2, -0.15) is 18.4 Å². The molecule has 0 aliphatic carbocycles. The summed E-state index contributed by atoms with van der Waals surface area (Å²) >= 11 is 0. The van der Waals surface area contributed by atoms with Crippen molar-refractivity contribution < 1.29 is 26.9 Å². The number of ketones is 1. The molecule has 0 fully saturated rings. The first-order valence-corrected chi connectivity index (χ1v) is 9.54. The van der Waals surface area contributed by atoms with E-state index in [4.69, 9.17) is 4.74 Å². The Labute approximate surface area is 159 Å². The van der Waals surface area contributed by atoms with E-state index in [-0.39, 0.29) is 16.2 Å². The normalized spacial score (nSPS) is 13.9. The van der Waals surface area contributed by atoms with Gasteiger partial charge in [0.2, 0.25) is 5.78 Å². The fourth-order valence-electron chi connectivity index (χ4n) is 2.02. The summed E-state index contributed by atoms with van der Waals surface area (Å²) in [5.74, 6) is -0.127. The van der Waals surface area contributed by atoms with E-state index in [9.17, 15) is 27.4 Å². The Balaban J connectivity index is 2.34. The standard InChI is InChI=1S/C18H14F3N3O3S/c1-27-15-6-3-12(4-7-15)17(25)13(9-22)10-24-28(2,26)16-8-5-14(11-23-16)18(19,20)21/h3-8,10-11H,1-2H3/b13-10+/t28-/m0/s1. The number of hydrogen-bond acceptors (Lipinski definition) is 6. The highest BCUT2D eigenvalue weighted by Crippen LogP contribution is 2.29. The average molecular weight is 409 g/mol. The van der Waals surface area contributed by atoms with Gasteiger partial charge in [-0.25, -0.2) is 13.6 Å². The Morgan fingerprint density at radius 1 is 1.25 bits per heavy atom. The first kappa shape index (κ1) is 21.1. The van der Waals surface area contributed by atoms with Crippen molar-refractivity contribution >= 4 is 15.5 Å². The number of aromatic nitrogens is 1. The highest BCUT2D eigenvalue weighted by atomic mass is 32.2. The summed E-state index contributed by atoms with van der Waals surface area (Å²) < 4.78 is 59.1. The number of nitriles is 1. The van der Waals surface area contributed by atoms with Crippen LogP contribution < -0.4 is 4.74 Å². The van der Waals surface area contributed by atoms with Crippen LogP contribution in [0, 0.1) is 11.3 Å². The van der Waals surface area contributed by atoms with Crippen LogP contribution in [-0.2, 0) is 15.9 Å². The fraction of sp³-hybridized carbons (Fsp3) is 0.167. The van der Waals surface area contributed by atoms with E-state index in [2.05, 4.69) is 9.35 Å². The smallest absolute Gasteiger partial charge is 0.417 e. The number of alkyl halides is 3. The molecule has 0 N–H and O–H groups in total. The van der Waals surface area contributed by atoms with Gasteiger partial charge in [0.05, 0.1) is 28.6 Å². The van der Waals surface area contributed by atoms with Crippen LogP contribution >= 0.6 is 0 Å². The van der Waals surface area contributed by atoms with Gasteiger partial charge in [0.1, 0.15) is 22.4 Å². The maximum atomic E-state index is 12.6. The van der Waals surface area contributed by atoms with E-state index in [0.29, 0.717) is 11.9 Å². The molecule has 1 heterocycles. The molecule has 146 valence electrons. The zero-order chi connectivity index (χ0) is 20.9. The van der Waals surface area contributed by atoms with E-state index in [1.807, 2.05) is 0 Å². The molecule has 1 atom stereocenters. The summed E-state index contributed by atoms with van der Waals surface area (Å²) in [6, 6.07) is 9.33. The Morgan fingerprint density at radius 3 is 2.36 bits per heavy atom. The molecule has 28 heavy (non-hydrogen) atoms. The number of methoxy groups -OCH3 is 1. The molecule has 0 unspecified atom stereocenters. The summed E-state index contributed by atoms with van der Waals surface area (Å²) in [5.41, 5.74) is -1.18. The maximum absolute atomic E-state index is 12.6. The molecule has 0 aliphatic heterocycles. The minimum atomic E-state index is -4.57. The number of pyridine rings is 1. The summed E-state index contributed by atoms with van der Waals surface area (Å²) in [4.78, 5) is 15.9. The number of ether oxygens (including phenoxy) is 1. The molecule has 1 aromatic carbocycles. The SMILES string of the molecule is COc1ccc(C(=O)/C(C#N)=C/N=[S@@](C)(=O)c2ccc(C(F)(F)F)cn2)cc1. The van der Waals surface area contributed by atoms with Crippen molar-refractivity contribution in [1.29, 1.82) is 5.26 Å². The predicted molar refractivity (Wildman–Crippen MR) is 95.0 cm³/mol. The molecule has 2 rings (SSSR count). The Hall–Kier alpha value is -3.19. The summed E-state index contributed by atoms with van der Waals surface area (Å²) in [6.45, 7) is 0. The molecule has 0 amide bonds. The number of nitrogens with zero attached hydrogens (tertiary/aromatic N) is 3. The van der Waals surface area contributed by atoms with E-state index >= 15 is 0 Å². The molecule has 0 saturated carbocycles. The number of hydrogen-bond donors (Lipinski definition) is 0. The third kappa shape index (κ3) is 4.95. The zero-order valence-corrected chi connectivity index (χ0v) is 15.5. The number of carbonyl (C=O) groups is 1. The molecule has 0 spiro atoms. The number of allylic oxidation sites excluding steroid dienone is 1. The van der Waals surface area contributed by atoms with E-state index in [0.717, 1.165) is 24.6 Å². The first-order chi connectivity index (χ1) is 13.1. The molecule has 0 radical (unpaired) electrons. The van der Waals surface area contributed by atoms with Crippen molar-refractivity contribution in [3.8, 4) is 11.8 Å². The van der Waals surface area contributed by atoms with E-state index < -0.39 is 27.3 Å². The van der Waals surface area contributed by atoms with Crippen molar-refractivity contribution in [2.45, 2.75) is 11.2 Å². The summed E-state index contributed by atoms with van der Waals surface area (Å²) in [7, 11) is -1.80. The lowest BCUT2D eigenvalue weighted by Gasteiger charge is -2.07. The van der Waals surface area contributed by atoms with Crippen molar-refractivity contribution in [2.24, 2.45) is 4.36 Å². The third-order valence-electron chi connectivity index (χ3n) is 3.55. The van der Waals surface area contributed by atoms with Gasteiger partial charge in [0, 0.05) is 18.0 Å². The zero-order valence-electron chi connectivity index (χ0n) is 14.7. The van der Waals surface area contributed by atoms with Gasteiger partial charge in [-0.1, -0.05) is 0 Å². The topological polar surface area (TPSA) is 92.4 Å². The van der Waals surface area contributed by atoms with Crippen LogP contribution in [0.25, 0.3) is 0 Å². The molecule has 0 bridgehead atoms. The molecule has 6 nitrogen and oxygen atoms in total. The lowest BCUT2D eigenvalue weighted by atomic mass is 10.1. The van der Waals surface area contributed by atoms with Gasteiger partial charge >= 0.3 is 6.18 Å².